The lowest BCUT2D eigenvalue weighted by Gasteiger charge is -2.34. The maximum absolute atomic E-state index is 13.1. The molecule has 1 heterocycles. The summed E-state index contributed by atoms with van der Waals surface area (Å²) in [5, 5.41) is 0. The van der Waals surface area contributed by atoms with Crippen molar-refractivity contribution in [2.45, 2.75) is 5.54 Å². The van der Waals surface area contributed by atoms with Gasteiger partial charge in [-0.25, -0.2) is 9.69 Å². The Balaban J connectivity index is 1.80. The van der Waals surface area contributed by atoms with E-state index in [1.807, 2.05) is 91.0 Å². The minimum absolute atomic E-state index is 0.0742. The molecule has 0 radical (unpaired) electrons. The van der Waals surface area contributed by atoms with Crippen molar-refractivity contribution in [1.29, 1.82) is 0 Å². The van der Waals surface area contributed by atoms with Crippen LogP contribution >= 0.6 is 0 Å². The van der Waals surface area contributed by atoms with Crippen LogP contribution in [0.2, 0.25) is 0 Å². The Kier molecular flexibility index (Phi) is 4.77. The number of nitrogens with zero attached hydrogens (tertiary/aromatic N) is 1. The van der Waals surface area contributed by atoms with Crippen molar-refractivity contribution in [3.63, 3.8) is 0 Å². The number of rotatable bonds is 4. The van der Waals surface area contributed by atoms with E-state index in [0.29, 0.717) is 0 Å². The molecule has 0 spiro atoms. The molecule has 1 fully saturated rings. The molecule has 1 saturated heterocycles. The minimum Gasteiger partial charge on any atom is -0.446 e. The maximum Gasteiger partial charge on any atom is 0.418 e. The Hall–Kier alpha value is -3.66. The summed E-state index contributed by atoms with van der Waals surface area (Å²) in [6.07, 6.45) is 2.48. The van der Waals surface area contributed by atoms with Gasteiger partial charge in [-0.1, -0.05) is 91.0 Å². The lowest BCUT2D eigenvalue weighted by Crippen LogP contribution is -2.48. The van der Waals surface area contributed by atoms with Crippen LogP contribution in [0.1, 0.15) is 16.7 Å². The van der Waals surface area contributed by atoms with Gasteiger partial charge in [0, 0.05) is 6.08 Å². The van der Waals surface area contributed by atoms with Crippen molar-refractivity contribution in [2.75, 3.05) is 6.61 Å². The molecular weight excluding hydrogens is 350 g/mol. The van der Waals surface area contributed by atoms with Crippen LogP contribution in [0.15, 0.2) is 97.1 Å². The number of amides is 2. The highest BCUT2D eigenvalue weighted by atomic mass is 16.6. The summed E-state index contributed by atoms with van der Waals surface area (Å²) in [7, 11) is 0. The third-order valence-electron chi connectivity index (χ3n) is 4.91. The Labute approximate surface area is 163 Å². The molecule has 4 nitrogen and oxygen atoms in total. The molecule has 1 aliphatic rings. The van der Waals surface area contributed by atoms with Crippen LogP contribution < -0.4 is 0 Å². The Bertz CT molecular complexity index is 958. The first-order chi connectivity index (χ1) is 13.7. The molecular formula is C24H19NO3. The van der Waals surface area contributed by atoms with E-state index in [1.54, 1.807) is 6.08 Å². The summed E-state index contributed by atoms with van der Waals surface area (Å²) in [6.45, 7) is 0.0742. The predicted octanol–water partition coefficient (Wildman–Crippen LogP) is 4.62. The first-order valence-electron chi connectivity index (χ1n) is 9.07. The van der Waals surface area contributed by atoms with E-state index in [2.05, 4.69) is 0 Å². The van der Waals surface area contributed by atoms with Crippen molar-refractivity contribution < 1.29 is 14.3 Å². The zero-order chi connectivity index (χ0) is 19.4. The monoisotopic (exact) mass is 369 g/mol. The number of benzene rings is 3. The molecule has 3 aromatic carbocycles. The lowest BCUT2D eigenvalue weighted by molar-refractivity contribution is -0.125. The van der Waals surface area contributed by atoms with Gasteiger partial charge < -0.3 is 4.74 Å². The highest BCUT2D eigenvalue weighted by Crippen LogP contribution is 2.41. The standard InChI is InChI=1S/C24H19NO3/c26-22(17-16-19-10-4-1-5-11-19)25-23(27)28-18-24(25,20-12-6-2-7-13-20)21-14-8-3-9-15-21/h1-17H,18H2/b17-16+. The van der Waals surface area contributed by atoms with E-state index in [0.717, 1.165) is 16.7 Å². The van der Waals surface area contributed by atoms with E-state index in [-0.39, 0.29) is 6.61 Å². The van der Waals surface area contributed by atoms with Gasteiger partial charge in [0.1, 0.15) is 12.1 Å². The molecule has 0 saturated carbocycles. The zero-order valence-corrected chi connectivity index (χ0v) is 15.2. The quantitative estimate of drug-likeness (QED) is 0.630. The van der Waals surface area contributed by atoms with Crippen LogP contribution in [0.5, 0.6) is 0 Å². The van der Waals surface area contributed by atoms with Gasteiger partial charge in [-0.05, 0) is 22.8 Å². The average molecular weight is 369 g/mol. The molecule has 28 heavy (non-hydrogen) atoms. The predicted molar refractivity (Wildman–Crippen MR) is 107 cm³/mol. The van der Waals surface area contributed by atoms with E-state index in [9.17, 15) is 9.59 Å². The lowest BCUT2D eigenvalue weighted by atomic mass is 9.82. The van der Waals surface area contributed by atoms with Gasteiger partial charge in [0.2, 0.25) is 0 Å². The molecule has 1 aliphatic heterocycles. The third-order valence-corrected chi connectivity index (χ3v) is 4.91. The van der Waals surface area contributed by atoms with Crippen LogP contribution in [0, 0.1) is 0 Å². The number of ether oxygens (including phenoxy) is 1. The van der Waals surface area contributed by atoms with E-state index in [1.165, 1.54) is 11.0 Å². The number of hydrogen-bond donors (Lipinski definition) is 0. The summed E-state index contributed by atoms with van der Waals surface area (Å²) in [4.78, 5) is 27.0. The summed E-state index contributed by atoms with van der Waals surface area (Å²) < 4.78 is 5.40. The Morgan fingerprint density at radius 1 is 0.821 bits per heavy atom. The van der Waals surface area contributed by atoms with Crippen LogP contribution in [0.4, 0.5) is 4.79 Å². The molecule has 0 N–H and O–H groups in total. The van der Waals surface area contributed by atoms with Crippen molar-refractivity contribution in [1.82, 2.24) is 4.90 Å². The molecule has 0 aliphatic carbocycles. The van der Waals surface area contributed by atoms with Crippen LogP contribution in [-0.2, 0) is 15.1 Å². The van der Waals surface area contributed by atoms with Gasteiger partial charge in [-0.3, -0.25) is 4.79 Å². The number of imide groups is 1. The van der Waals surface area contributed by atoms with Gasteiger partial charge in [0.25, 0.3) is 5.91 Å². The molecule has 138 valence electrons. The fourth-order valence-electron chi connectivity index (χ4n) is 3.55. The third kappa shape index (κ3) is 3.09. The van der Waals surface area contributed by atoms with Gasteiger partial charge in [0.05, 0.1) is 0 Å². The van der Waals surface area contributed by atoms with Crippen molar-refractivity contribution in [2.24, 2.45) is 0 Å². The van der Waals surface area contributed by atoms with Crippen LogP contribution in [-0.4, -0.2) is 23.5 Å². The molecule has 0 atom stereocenters. The van der Waals surface area contributed by atoms with E-state index in [4.69, 9.17) is 4.74 Å². The van der Waals surface area contributed by atoms with Gasteiger partial charge >= 0.3 is 6.09 Å². The van der Waals surface area contributed by atoms with Crippen molar-refractivity contribution in [3.8, 4) is 0 Å². The van der Waals surface area contributed by atoms with Gasteiger partial charge in [0.15, 0.2) is 0 Å². The van der Waals surface area contributed by atoms with Gasteiger partial charge in [-0.2, -0.15) is 0 Å². The smallest absolute Gasteiger partial charge is 0.418 e. The second-order valence-corrected chi connectivity index (χ2v) is 6.56. The van der Waals surface area contributed by atoms with Crippen LogP contribution in [0.3, 0.4) is 0 Å². The summed E-state index contributed by atoms with van der Waals surface area (Å²) in [6, 6.07) is 28.5. The maximum atomic E-state index is 13.1. The summed E-state index contributed by atoms with van der Waals surface area (Å²) >= 11 is 0. The van der Waals surface area contributed by atoms with Crippen molar-refractivity contribution in [3.05, 3.63) is 114 Å². The summed E-state index contributed by atoms with van der Waals surface area (Å²) in [5.74, 6) is -0.418. The number of carbonyl (C=O) groups is 2. The molecule has 3 aromatic rings. The highest BCUT2D eigenvalue weighted by Gasteiger charge is 2.52. The van der Waals surface area contributed by atoms with Crippen molar-refractivity contribution >= 4 is 18.1 Å². The SMILES string of the molecule is O=C(/C=C/c1ccccc1)N1C(=O)OCC1(c1ccccc1)c1ccccc1. The number of hydrogen-bond acceptors (Lipinski definition) is 3. The first-order valence-corrected chi connectivity index (χ1v) is 9.07. The molecule has 2 amide bonds. The normalized spacial score (nSPS) is 15.6. The van der Waals surface area contributed by atoms with E-state index < -0.39 is 17.5 Å². The molecule has 0 unspecified atom stereocenters. The summed E-state index contributed by atoms with van der Waals surface area (Å²) in [5.41, 5.74) is 1.54. The Morgan fingerprint density at radius 2 is 1.32 bits per heavy atom. The van der Waals surface area contributed by atoms with Gasteiger partial charge in [-0.15, -0.1) is 0 Å². The van der Waals surface area contributed by atoms with Crippen LogP contribution in [0.25, 0.3) is 6.08 Å². The average Bonchev–Trinajstić information content (AvgIpc) is 3.12. The fraction of sp³-hybridized carbons (Fsp3) is 0.0833. The number of cyclic esters (lactones) is 1. The molecule has 4 rings (SSSR count). The first kappa shape index (κ1) is 17.7. The largest absolute Gasteiger partial charge is 0.446 e. The topological polar surface area (TPSA) is 46.6 Å². The van der Waals surface area contributed by atoms with E-state index >= 15 is 0 Å². The Morgan fingerprint density at radius 3 is 1.86 bits per heavy atom. The molecule has 4 heteroatoms. The second kappa shape index (κ2) is 7.53. The molecule has 0 aromatic heterocycles. The highest BCUT2D eigenvalue weighted by molar-refractivity contribution is 6.03. The second-order valence-electron chi connectivity index (χ2n) is 6.56. The minimum atomic E-state index is -1.00. The zero-order valence-electron chi connectivity index (χ0n) is 15.2. The fourth-order valence-corrected chi connectivity index (χ4v) is 3.55. The number of carbonyl (C=O) groups excluding carboxylic acids is 2. The molecule has 0 bridgehead atoms.